The molecule has 0 bridgehead atoms. The molecule has 1 saturated heterocycles. The molecule has 1 fully saturated rings. The Morgan fingerprint density at radius 2 is 2.24 bits per heavy atom. The van der Waals surface area contributed by atoms with E-state index in [2.05, 4.69) is 24.5 Å². The van der Waals surface area contributed by atoms with Crippen LogP contribution in [0.4, 0.5) is 0 Å². The summed E-state index contributed by atoms with van der Waals surface area (Å²) in [6.45, 7) is 5.91. The lowest BCUT2D eigenvalue weighted by Crippen LogP contribution is -2.40. The fourth-order valence-electron chi connectivity index (χ4n) is 2.80. The van der Waals surface area contributed by atoms with Gasteiger partial charge in [-0.3, -0.25) is 4.79 Å². The SMILES string of the molecule is CC(C)C(C(=O)NCC1CCCN1)c1cccc(Cl)c1.Cl. The number of carbonyl (C=O) groups is 1. The quantitative estimate of drug-likeness (QED) is 0.869. The molecule has 2 unspecified atom stereocenters. The second kappa shape index (κ2) is 8.62. The van der Waals surface area contributed by atoms with Crippen molar-refractivity contribution in [2.45, 2.75) is 38.6 Å². The highest BCUT2D eigenvalue weighted by Gasteiger charge is 2.25. The Bertz CT molecular complexity index is 459. The Morgan fingerprint density at radius 3 is 2.81 bits per heavy atom. The first-order valence-corrected chi connectivity index (χ1v) is 7.72. The Balaban J connectivity index is 0.00000220. The fourth-order valence-corrected chi connectivity index (χ4v) is 3.00. The van der Waals surface area contributed by atoms with Gasteiger partial charge in [0.1, 0.15) is 0 Å². The van der Waals surface area contributed by atoms with Gasteiger partial charge in [0, 0.05) is 17.6 Å². The van der Waals surface area contributed by atoms with Gasteiger partial charge in [-0.05, 0) is 43.0 Å². The topological polar surface area (TPSA) is 41.1 Å². The molecule has 21 heavy (non-hydrogen) atoms. The van der Waals surface area contributed by atoms with Gasteiger partial charge in [-0.25, -0.2) is 0 Å². The van der Waals surface area contributed by atoms with E-state index in [9.17, 15) is 4.79 Å². The second-order valence-corrected chi connectivity index (χ2v) is 6.25. The molecule has 1 aromatic carbocycles. The molecule has 0 aliphatic carbocycles. The first kappa shape index (κ1) is 18.3. The maximum atomic E-state index is 12.5. The fraction of sp³-hybridized carbons (Fsp3) is 0.562. The molecule has 1 aliphatic rings. The summed E-state index contributed by atoms with van der Waals surface area (Å²) >= 11 is 6.04. The Hall–Kier alpha value is -0.770. The highest BCUT2D eigenvalue weighted by molar-refractivity contribution is 6.30. The van der Waals surface area contributed by atoms with Crippen LogP contribution < -0.4 is 10.6 Å². The van der Waals surface area contributed by atoms with Crippen molar-refractivity contribution in [1.29, 1.82) is 0 Å². The predicted octanol–water partition coefficient (Wildman–Crippen LogP) is 3.37. The van der Waals surface area contributed by atoms with E-state index in [-0.39, 0.29) is 30.2 Å². The molecule has 0 aromatic heterocycles. The van der Waals surface area contributed by atoms with Gasteiger partial charge < -0.3 is 10.6 Å². The number of rotatable bonds is 5. The molecule has 0 spiro atoms. The van der Waals surface area contributed by atoms with Gasteiger partial charge in [0.2, 0.25) is 5.91 Å². The summed E-state index contributed by atoms with van der Waals surface area (Å²) in [6.07, 6.45) is 2.34. The maximum Gasteiger partial charge on any atom is 0.227 e. The molecular weight excluding hydrogens is 307 g/mol. The highest BCUT2D eigenvalue weighted by atomic mass is 35.5. The van der Waals surface area contributed by atoms with Crippen LogP contribution in [0.2, 0.25) is 5.02 Å². The summed E-state index contributed by atoms with van der Waals surface area (Å²) in [5.41, 5.74) is 0.990. The van der Waals surface area contributed by atoms with Crippen molar-refractivity contribution >= 4 is 29.9 Å². The van der Waals surface area contributed by atoms with Crippen molar-refractivity contribution < 1.29 is 4.79 Å². The molecule has 2 rings (SSSR count). The number of carbonyl (C=O) groups excluding carboxylic acids is 1. The Kier molecular flexibility index (Phi) is 7.50. The lowest BCUT2D eigenvalue weighted by Gasteiger charge is -2.22. The molecule has 5 heteroatoms. The number of hydrogen-bond acceptors (Lipinski definition) is 2. The normalized spacial score (nSPS) is 19.1. The van der Waals surface area contributed by atoms with E-state index >= 15 is 0 Å². The minimum atomic E-state index is -0.143. The molecule has 3 nitrogen and oxygen atoms in total. The first-order chi connectivity index (χ1) is 9.58. The van der Waals surface area contributed by atoms with Crippen molar-refractivity contribution in [3.05, 3.63) is 34.9 Å². The van der Waals surface area contributed by atoms with Crippen molar-refractivity contribution in [3.63, 3.8) is 0 Å². The lowest BCUT2D eigenvalue weighted by atomic mass is 9.87. The third kappa shape index (κ3) is 5.17. The van der Waals surface area contributed by atoms with E-state index in [1.807, 2.05) is 24.3 Å². The number of halogens is 2. The molecule has 1 amide bonds. The summed E-state index contributed by atoms with van der Waals surface area (Å²) in [5.74, 6) is 0.191. The zero-order valence-corrected chi connectivity index (χ0v) is 14.1. The molecule has 0 radical (unpaired) electrons. The standard InChI is InChI=1S/C16H23ClN2O.ClH/c1-11(2)15(12-5-3-6-13(17)9-12)16(20)19-10-14-7-4-8-18-14;/h3,5-6,9,11,14-15,18H,4,7-8,10H2,1-2H3,(H,19,20);1H. The van der Waals surface area contributed by atoms with Crippen LogP contribution in [0.3, 0.4) is 0 Å². The Morgan fingerprint density at radius 1 is 1.48 bits per heavy atom. The lowest BCUT2D eigenvalue weighted by molar-refractivity contribution is -0.123. The van der Waals surface area contributed by atoms with Crippen LogP contribution in [-0.4, -0.2) is 25.0 Å². The third-order valence-electron chi connectivity index (χ3n) is 3.84. The molecule has 2 N–H and O–H groups in total. The molecule has 2 atom stereocenters. The van der Waals surface area contributed by atoms with E-state index in [1.54, 1.807) is 0 Å². The van der Waals surface area contributed by atoms with Crippen molar-refractivity contribution in [2.24, 2.45) is 5.92 Å². The number of amides is 1. The van der Waals surface area contributed by atoms with Gasteiger partial charge in [0.15, 0.2) is 0 Å². The predicted molar refractivity (Wildman–Crippen MR) is 90.3 cm³/mol. The van der Waals surface area contributed by atoms with Crippen molar-refractivity contribution in [3.8, 4) is 0 Å². The van der Waals surface area contributed by atoms with E-state index < -0.39 is 0 Å². The summed E-state index contributed by atoms with van der Waals surface area (Å²) < 4.78 is 0. The third-order valence-corrected chi connectivity index (χ3v) is 4.08. The van der Waals surface area contributed by atoms with Gasteiger partial charge in [-0.2, -0.15) is 0 Å². The van der Waals surface area contributed by atoms with Crippen LogP contribution in [0.1, 0.15) is 38.2 Å². The maximum absolute atomic E-state index is 12.5. The first-order valence-electron chi connectivity index (χ1n) is 7.34. The van der Waals surface area contributed by atoms with Gasteiger partial charge in [0.25, 0.3) is 0 Å². The van der Waals surface area contributed by atoms with Crippen LogP contribution >= 0.6 is 24.0 Å². The van der Waals surface area contributed by atoms with E-state index in [4.69, 9.17) is 11.6 Å². The number of benzene rings is 1. The van der Waals surface area contributed by atoms with Crippen LogP contribution in [0.5, 0.6) is 0 Å². The average Bonchev–Trinajstić information content (AvgIpc) is 2.89. The number of nitrogens with one attached hydrogen (secondary N) is 2. The molecule has 118 valence electrons. The van der Waals surface area contributed by atoms with Crippen molar-refractivity contribution in [2.75, 3.05) is 13.1 Å². The molecule has 0 saturated carbocycles. The molecule has 1 aromatic rings. The monoisotopic (exact) mass is 330 g/mol. The van der Waals surface area contributed by atoms with Crippen LogP contribution in [0, 0.1) is 5.92 Å². The minimum absolute atomic E-state index is 0. The molecular formula is C16H24Cl2N2O. The van der Waals surface area contributed by atoms with Crippen LogP contribution in [0.25, 0.3) is 0 Å². The van der Waals surface area contributed by atoms with Crippen LogP contribution in [0.15, 0.2) is 24.3 Å². The Labute approximate surface area is 138 Å². The second-order valence-electron chi connectivity index (χ2n) is 5.82. The minimum Gasteiger partial charge on any atom is -0.354 e. The highest BCUT2D eigenvalue weighted by Crippen LogP contribution is 2.26. The molecule has 1 aliphatic heterocycles. The van der Waals surface area contributed by atoms with Crippen LogP contribution in [-0.2, 0) is 4.79 Å². The largest absolute Gasteiger partial charge is 0.354 e. The summed E-state index contributed by atoms with van der Waals surface area (Å²) in [7, 11) is 0. The summed E-state index contributed by atoms with van der Waals surface area (Å²) in [4.78, 5) is 12.5. The van der Waals surface area contributed by atoms with E-state index in [0.717, 1.165) is 18.5 Å². The van der Waals surface area contributed by atoms with Gasteiger partial charge in [-0.15, -0.1) is 12.4 Å². The zero-order valence-electron chi connectivity index (χ0n) is 12.6. The average molecular weight is 331 g/mol. The summed E-state index contributed by atoms with van der Waals surface area (Å²) in [5, 5.41) is 7.15. The smallest absolute Gasteiger partial charge is 0.227 e. The zero-order chi connectivity index (χ0) is 14.5. The van der Waals surface area contributed by atoms with Gasteiger partial charge in [0.05, 0.1) is 5.92 Å². The summed E-state index contributed by atoms with van der Waals surface area (Å²) in [6, 6.07) is 8.02. The van der Waals surface area contributed by atoms with E-state index in [1.165, 1.54) is 6.42 Å². The molecule has 1 heterocycles. The van der Waals surface area contributed by atoms with Crippen molar-refractivity contribution in [1.82, 2.24) is 10.6 Å². The van der Waals surface area contributed by atoms with E-state index in [0.29, 0.717) is 17.6 Å². The number of hydrogen-bond donors (Lipinski definition) is 2. The van der Waals surface area contributed by atoms with Gasteiger partial charge >= 0.3 is 0 Å². The van der Waals surface area contributed by atoms with Gasteiger partial charge in [-0.1, -0.05) is 37.6 Å².